The van der Waals surface area contributed by atoms with Crippen molar-refractivity contribution in [2.24, 2.45) is 0 Å². The van der Waals surface area contributed by atoms with E-state index in [-0.39, 0.29) is 12.2 Å². The van der Waals surface area contributed by atoms with Crippen LogP contribution in [0.4, 0.5) is 14.5 Å². The highest BCUT2D eigenvalue weighted by molar-refractivity contribution is 5.47. The third-order valence-electron chi connectivity index (χ3n) is 2.56. The Balaban J connectivity index is 2.17. The van der Waals surface area contributed by atoms with Crippen LogP contribution in [0, 0.1) is 23.0 Å². The third-order valence-corrected chi connectivity index (χ3v) is 2.56. The molecule has 2 aromatic carbocycles. The van der Waals surface area contributed by atoms with Crippen LogP contribution in [-0.4, -0.2) is 0 Å². The van der Waals surface area contributed by atoms with Crippen LogP contribution in [0.2, 0.25) is 0 Å². The van der Waals surface area contributed by atoms with E-state index in [9.17, 15) is 8.78 Å². The van der Waals surface area contributed by atoms with Crippen LogP contribution in [0.1, 0.15) is 11.1 Å². The molecule has 0 aliphatic heterocycles. The molecule has 2 aromatic rings. The van der Waals surface area contributed by atoms with Crippen molar-refractivity contribution in [1.29, 1.82) is 5.26 Å². The first-order chi connectivity index (χ1) is 8.72. The van der Waals surface area contributed by atoms with E-state index in [0.717, 1.165) is 11.6 Å². The maximum atomic E-state index is 13.4. The van der Waals surface area contributed by atoms with Gasteiger partial charge in [0.25, 0.3) is 0 Å². The predicted octanol–water partition coefficient (Wildman–Crippen LogP) is 3.45. The fourth-order valence-electron chi connectivity index (χ4n) is 1.61. The minimum atomic E-state index is -0.910. The third kappa shape index (κ3) is 2.46. The molecule has 2 nitrogen and oxygen atoms in total. The van der Waals surface area contributed by atoms with E-state index < -0.39 is 11.6 Å². The van der Waals surface area contributed by atoms with E-state index in [1.165, 1.54) is 12.1 Å². The summed E-state index contributed by atoms with van der Waals surface area (Å²) in [6, 6.07) is 13.0. The highest BCUT2D eigenvalue weighted by Crippen LogP contribution is 2.18. The summed E-state index contributed by atoms with van der Waals surface area (Å²) < 4.78 is 26.4. The van der Waals surface area contributed by atoms with E-state index in [1.807, 2.05) is 0 Å². The molecule has 0 fully saturated rings. The number of halogens is 2. The summed E-state index contributed by atoms with van der Waals surface area (Å²) in [5, 5.41) is 11.7. The summed E-state index contributed by atoms with van der Waals surface area (Å²) in [6.07, 6.45) is 0. The molecule has 18 heavy (non-hydrogen) atoms. The Morgan fingerprint density at radius 1 is 1.06 bits per heavy atom. The molecule has 0 amide bonds. The van der Waals surface area contributed by atoms with Crippen LogP contribution < -0.4 is 5.32 Å². The van der Waals surface area contributed by atoms with Gasteiger partial charge in [-0.05, 0) is 23.8 Å². The van der Waals surface area contributed by atoms with Crippen molar-refractivity contribution in [3.63, 3.8) is 0 Å². The van der Waals surface area contributed by atoms with Crippen molar-refractivity contribution < 1.29 is 8.78 Å². The Hall–Kier alpha value is -2.41. The molecule has 0 aliphatic carbocycles. The van der Waals surface area contributed by atoms with Gasteiger partial charge in [-0.15, -0.1) is 0 Å². The molecule has 0 unspecified atom stereocenters. The van der Waals surface area contributed by atoms with E-state index in [0.29, 0.717) is 5.56 Å². The Morgan fingerprint density at radius 2 is 1.83 bits per heavy atom. The first-order valence-electron chi connectivity index (χ1n) is 5.38. The van der Waals surface area contributed by atoms with Crippen molar-refractivity contribution in [1.82, 2.24) is 0 Å². The van der Waals surface area contributed by atoms with Crippen LogP contribution in [0.3, 0.4) is 0 Å². The monoisotopic (exact) mass is 244 g/mol. The molecule has 1 N–H and O–H groups in total. The van der Waals surface area contributed by atoms with Gasteiger partial charge in [0.15, 0.2) is 11.6 Å². The van der Waals surface area contributed by atoms with Gasteiger partial charge in [0, 0.05) is 6.54 Å². The number of hydrogen-bond acceptors (Lipinski definition) is 2. The van der Waals surface area contributed by atoms with E-state index in [2.05, 4.69) is 11.4 Å². The van der Waals surface area contributed by atoms with Gasteiger partial charge in [-0.1, -0.05) is 24.3 Å². The molecular formula is C14H10F2N2. The van der Waals surface area contributed by atoms with Crippen molar-refractivity contribution in [2.75, 3.05) is 5.32 Å². The second kappa shape index (κ2) is 5.28. The Kier molecular flexibility index (Phi) is 3.54. The minimum absolute atomic E-state index is 0.0859. The van der Waals surface area contributed by atoms with Crippen molar-refractivity contribution in [2.45, 2.75) is 6.54 Å². The van der Waals surface area contributed by atoms with Crippen LogP contribution in [0.5, 0.6) is 0 Å². The van der Waals surface area contributed by atoms with Gasteiger partial charge in [0.05, 0.1) is 17.3 Å². The molecular weight excluding hydrogens is 234 g/mol. The lowest BCUT2D eigenvalue weighted by Gasteiger charge is -2.09. The standard InChI is InChI=1S/C14H10F2N2/c15-12-6-3-7-13(14(12)16)18-9-11-5-2-1-4-10(11)8-17/h1-7,18H,9H2. The first-order valence-corrected chi connectivity index (χ1v) is 5.38. The van der Waals surface area contributed by atoms with Gasteiger partial charge in [-0.2, -0.15) is 5.26 Å². The van der Waals surface area contributed by atoms with Crippen LogP contribution in [-0.2, 0) is 6.54 Å². The van der Waals surface area contributed by atoms with E-state index >= 15 is 0 Å². The normalized spacial score (nSPS) is 9.83. The van der Waals surface area contributed by atoms with Gasteiger partial charge in [0.1, 0.15) is 0 Å². The molecule has 0 atom stereocenters. The Labute approximate surface area is 103 Å². The van der Waals surface area contributed by atoms with Crippen LogP contribution in [0.15, 0.2) is 42.5 Å². The molecule has 2 rings (SSSR count). The zero-order valence-electron chi connectivity index (χ0n) is 9.45. The number of rotatable bonds is 3. The van der Waals surface area contributed by atoms with Gasteiger partial charge >= 0.3 is 0 Å². The van der Waals surface area contributed by atoms with Crippen molar-refractivity contribution in [3.8, 4) is 6.07 Å². The molecule has 4 heteroatoms. The zero-order valence-corrected chi connectivity index (χ0v) is 9.45. The molecule has 0 aliphatic rings. The van der Waals surface area contributed by atoms with Crippen LogP contribution in [0.25, 0.3) is 0 Å². The average molecular weight is 244 g/mol. The Morgan fingerprint density at radius 3 is 2.61 bits per heavy atom. The average Bonchev–Trinajstić information content (AvgIpc) is 2.41. The summed E-state index contributed by atoms with van der Waals surface area (Å²) in [5.74, 6) is -1.81. The van der Waals surface area contributed by atoms with Gasteiger partial charge in [-0.3, -0.25) is 0 Å². The second-order valence-corrected chi connectivity index (χ2v) is 3.72. The van der Waals surface area contributed by atoms with Crippen LogP contribution >= 0.6 is 0 Å². The molecule has 0 spiro atoms. The fourth-order valence-corrected chi connectivity index (χ4v) is 1.61. The van der Waals surface area contributed by atoms with Crippen molar-refractivity contribution in [3.05, 3.63) is 65.2 Å². The van der Waals surface area contributed by atoms with E-state index in [4.69, 9.17) is 5.26 Å². The smallest absolute Gasteiger partial charge is 0.181 e. The SMILES string of the molecule is N#Cc1ccccc1CNc1cccc(F)c1F. The molecule has 0 bridgehead atoms. The first kappa shape index (κ1) is 12.1. The largest absolute Gasteiger partial charge is 0.378 e. The fraction of sp³-hybridized carbons (Fsp3) is 0.0714. The number of anilines is 1. The maximum Gasteiger partial charge on any atom is 0.181 e. The summed E-state index contributed by atoms with van der Waals surface area (Å²) in [6.45, 7) is 0.268. The van der Waals surface area contributed by atoms with Gasteiger partial charge in [0.2, 0.25) is 0 Å². The molecule has 0 aromatic heterocycles. The van der Waals surface area contributed by atoms with Gasteiger partial charge in [-0.25, -0.2) is 8.78 Å². The maximum absolute atomic E-state index is 13.4. The summed E-state index contributed by atoms with van der Waals surface area (Å²) >= 11 is 0. The molecule has 0 heterocycles. The lowest BCUT2D eigenvalue weighted by Crippen LogP contribution is -2.04. The molecule has 90 valence electrons. The minimum Gasteiger partial charge on any atom is -0.378 e. The number of hydrogen-bond donors (Lipinski definition) is 1. The summed E-state index contributed by atoms with van der Waals surface area (Å²) in [7, 11) is 0. The van der Waals surface area contributed by atoms with E-state index in [1.54, 1.807) is 24.3 Å². The number of benzene rings is 2. The lowest BCUT2D eigenvalue weighted by molar-refractivity contribution is 0.511. The Bertz CT molecular complexity index is 603. The zero-order chi connectivity index (χ0) is 13.0. The van der Waals surface area contributed by atoms with Crippen molar-refractivity contribution >= 4 is 5.69 Å². The lowest BCUT2D eigenvalue weighted by atomic mass is 10.1. The predicted molar refractivity (Wildman–Crippen MR) is 64.8 cm³/mol. The molecule has 0 radical (unpaired) electrons. The van der Waals surface area contributed by atoms with Gasteiger partial charge < -0.3 is 5.32 Å². The second-order valence-electron chi connectivity index (χ2n) is 3.72. The number of nitriles is 1. The molecule has 0 saturated heterocycles. The molecule has 0 saturated carbocycles. The highest BCUT2D eigenvalue weighted by atomic mass is 19.2. The number of nitrogens with one attached hydrogen (secondary N) is 1. The highest BCUT2D eigenvalue weighted by Gasteiger charge is 2.07. The quantitative estimate of drug-likeness (QED) is 0.897. The topological polar surface area (TPSA) is 35.8 Å². The number of nitrogens with zero attached hydrogens (tertiary/aromatic N) is 1. The summed E-state index contributed by atoms with van der Waals surface area (Å²) in [5.41, 5.74) is 1.34. The summed E-state index contributed by atoms with van der Waals surface area (Å²) in [4.78, 5) is 0.